The van der Waals surface area contributed by atoms with Crippen LogP contribution in [0.15, 0.2) is 24.3 Å². The summed E-state index contributed by atoms with van der Waals surface area (Å²) in [6.07, 6.45) is 0. The number of nitrogens with two attached hydrogens (primary N) is 1. The monoisotopic (exact) mass is 232 g/mol. The van der Waals surface area contributed by atoms with Gasteiger partial charge < -0.3 is 5.73 Å². The first-order valence-corrected chi connectivity index (χ1v) is 5.73. The molecule has 1 aromatic rings. The molecule has 90 valence electrons. The molecule has 17 heavy (non-hydrogen) atoms. The summed E-state index contributed by atoms with van der Waals surface area (Å²) in [6.45, 7) is 4.23. The van der Waals surface area contributed by atoms with Gasteiger partial charge in [-0.3, -0.25) is 14.5 Å². The Labute approximate surface area is 100 Å². The summed E-state index contributed by atoms with van der Waals surface area (Å²) in [6, 6.07) is 6.69. The highest BCUT2D eigenvalue weighted by Gasteiger charge is 2.35. The molecule has 2 N–H and O–H groups in total. The Kier molecular flexibility index (Phi) is 2.98. The van der Waals surface area contributed by atoms with Crippen molar-refractivity contribution in [1.82, 2.24) is 4.90 Å². The van der Waals surface area contributed by atoms with Gasteiger partial charge in [0.05, 0.1) is 11.1 Å². The maximum absolute atomic E-state index is 12.0. The van der Waals surface area contributed by atoms with Gasteiger partial charge in [0.2, 0.25) is 0 Å². The van der Waals surface area contributed by atoms with Crippen LogP contribution in [0.3, 0.4) is 0 Å². The lowest BCUT2D eigenvalue weighted by Crippen LogP contribution is -2.43. The summed E-state index contributed by atoms with van der Waals surface area (Å²) in [5.74, 6) is -0.234. The fourth-order valence-corrected chi connectivity index (χ4v) is 1.83. The number of carbonyl (C=O) groups excluding carboxylic acids is 2. The molecule has 0 saturated carbocycles. The summed E-state index contributed by atoms with van der Waals surface area (Å²) in [5.41, 5.74) is 6.87. The van der Waals surface area contributed by atoms with Crippen LogP contribution in [0.1, 0.15) is 34.6 Å². The van der Waals surface area contributed by atoms with Crippen molar-refractivity contribution in [2.24, 2.45) is 11.7 Å². The van der Waals surface area contributed by atoms with Crippen molar-refractivity contribution in [3.63, 3.8) is 0 Å². The lowest BCUT2D eigenvalue weighted by molar-refractivity contribution is 0.0637. The van der Waals surface area contributed by atoms with Crippen molar-refractivity contribution < 1.29 is 9.59 Å². The molecule has 0 fully saturated rings. The molecule has 0 aromatic heterocycles. The average molecular weight is 232 g/mol. The quantitative estimate of drug-likeness (QED) is 0.798. The van der Waals surface area contributed by atoms with Gasteiger partial charge in [-0.25, -0.2) is 0 Å². The Balaban J connectivity index is 2.25. The highest BCUT2D eigenvalue weighted by molar-refractivity contribution is 6.21. The van der Waals surface area contributed by atoms with Crippen LogP contribution in [0.4, 0.5) is 0 Å². The van der Waals surface area contributed by atoms with E-state index in [0.717, 1.165) is 0 Å². The highest BCUT2D eigenvalue weighted by atomic mass is 16.2. The van der Waals surface area contributed by atoms with E-state index in [0.29, 0.717) is 11.1 Å². The molecule has 0 radical (unpaired) electrons. The van der Waals surface area contributed by atoms with Crippen molar-refractivity contribution in [1.29, 1.82) is 0 Å². The van der Waals surface area contributed by atoms with E-state index >= 15 is 0 Å². The fraction of sp³-hybridized carbons (Fsp3) is 0.385. The third kappa shape index (κ3) is 1.96. The molecule has 1 atom stereocenters. The summed E-state index contributed by atoms with van der Waals surface area (Å²) in [4.78, 5) is 25.3. The number of nitrogens with zero attached hydrogens (tertiary/aromatic N) is 1. The summed E-state index contributed by atoms with van der Waals surface area (Å²) in [7, 11) is 0. The van der Waals surface area contributed by atoms with Crippen molar-refractivity contribution in [3.8, 4) is 0 Å². The van der Waals surface area contributed by atoms with E-state index in [4.69, 9.17) is 5.73 Å². The van der Waals surface area contributed by atoms with Crippen LogP contribution in [0.2, 0.25) is 0 Å². The van der Waals surface area contributed by atoms with Gasteiger partial charge in [0.25, 0.3) is 11.8 Å². The highest BCUT2D eigenvalue weighted by Crippen LogP contribution is 2.22. The van der Waals surface area contributed by atoms with Crippen molar-refractivity contribution in [2.45, 2.75) is 19.9 Å². The van der Waals surface area contributed by atoms with E-state index in [1.165, 1.54) is 4.90 Å². The first kappa shape index (κ1) is 11.8. The SMILES string of the molecule is CC(C)[C@H](N)CN1C(=O)c2ccccc2C1=O. The first-order chi connectivity index (χ1) is 8.02. The molecule has 0 spiro atoms. The number of hydrogen-bond acceptors (Lipinski definition) is 3. The van der Waals surface area contributed by atoms with Gasteiger partial charge in [-0.2, -0.15) is 0 Å². The Hall–Kier alpha value is -1.68. The van der Waals surface area contributed by atoms with Crippen LogP contribution in [-0.2, 0) is 0 Å². The number of amides is 2. The van der Waals surface area contributed by atoms with Crippen molar-refractivity contribution in [2.75, 3.05) is 6.54 Å². The fourth-order valence-electron chi connectivity index (χ4n) is 1.83. The molecule has 4 heteroatoms. The topological polar surface area (TPSA) is 63.4 Å². The van der Waals surface area contributed by atoms with Gasteiger partial charge in [-0.1, -0.05) is 26.0 Å². The normalized spacial score (nSPS) is 16.6. The molecule has 2 rings (SSSR count). The molecule has 0 aliphatic carbocycles. The second-order valence-electron chi connectivity index (χ2n) is 4.67. The molecule has 1 heterocycles. The number of imide groups is 1. The minimum atomic E-state index is -0.235. The van der Waals surface area contributed by atoms with Crippen LogP contribution >= 0.6 is 0 Å². The second kappa shape index (κ2) is 4.30. The molecule has 1 aromatic carbocycles. The molecular formula is C13H16N2O2. The van der Waals surface area contributed by atoms with Crippen LogP contribution in [0.25, 0.3) is 0 Å². The van der Waals surface area contributed by atoms with Crippen molar-refractivity contribution in [3.05, 3.63) is 35.4 Å². The van der Waals surface area contributed by atoms with E-state index in [2.05, 4.69) is 0 Å². The number of hydrogen-bond donors (Lipinski definition) is 1. The van der Waals surface area contributed by atoms with E-state index < -0.39 is 0 Å². The first-order valence-electron chi connectivity index (χ1n) is 5.73. The zero-order valence-corrected chi connectivity index (χ0v) is 10.0. The van der Waals surface area contributed by atoms with E-state index in [9.17, 15) is 9.59 Å². The Morgan fingerprint density at radius 2 is 1.59 bits per heavy atom. The molecule has 0 saturated heterocycles. The van der Waals surface area contributed by atoms with Gasteiger partial charge in [-0.05, 0) is 18.1 Å². The summed E-state index contributed by atoms with van der Waals surface area (Å²) < 4.78 is 0. The second-order valence-corrected chi connectivity index (χ2v) is 4.67. The predicted molar refractivity (Wildman–Crippen MR) is 64.6 cm³/mol. The molecule has 0 bridgehead atoms. The van der Waals surface area contributed by atoms with Crippen LogP contribution < -0.4 is 5.73 Å². The van der Waals surface area contributed by atoms with E-state index in [-0.39, 0.29) is 30.3 Å². The number of fused-ring (bicyclic) bond motifs is 1. The van der Waals surface area contributed by atoms with Gasteiger partial charge in [0, 0.05) is 12.6 Å². The molecule has 1 aliphatic heterocycles. The smallest absolute Gasteiger partial charge is 0.261 e. The maximum Gasteiger partial charge on any atom is 0.261 e. The summed E-state index contributed by atoms with van der Waals surface area (Å²) >= 11 is 0. The number of benzene rings is 1. The maximum atomic E-state index is 12.0. The Bertz CT molecular complexity index is 433. The van der Waals surface area contributed by atoms with Crippen LogP contribution in [-0.4, -0.2) is 29.3 Å². The van der Waals surface area contributed by atoms with Crippen LogP contribution in [0.5, 0.6) is 0 Å². The zero-order chi connectivity index (χ0) is 12.6. The summed E-state index contributed by atoms with van der Waals surface area (Å²) in [5, 5.41) is 0. The minimum absolute atomic E-state index is 0.183. The zero-order valence-electron chi connectivity index (χ0n) is 10.0. The van der Waals surface area contributed by atoms with Crippen molar-refractivity contribution >= 4 is 11.8 Å². The van der Waals surface area contributed by atoms with E-state index in [1.54, 1.807) is 24.3 Å². The largest absolute Gasteiger partial charge is 0.326 e. The molecular weight excluding hydrogens is 216 g/mol. The van der Waals surface area contributed by atoms with Crippen LogP contribution in [0, 0.1) is 5.92 Å². The average Bonchev–Trinajstić information content (AvgIpc) is 2.55. The number of carbonyl (C=O) groups is 2. The van der Waals surface area contributed by atoms with Gasteiger partial charge in [0.15, 0.2) is 0 Å². The Morgan fingerprint density at radius 3 is 2.00 bits per heavy atom. The molecule has 0 unspecified atom stereocenters. The standard InChI is InChI=1S/C13H16N2O2/c1-8(2)11(14)7-15-12(16)9-5-3-4-6-10(9)13(15)17/h3-6,8,11H,7,14H2,1-2H3/t11-/m1/s1. The minimum Gasteiger partial charge on any atom is -0.326 e. The molecule has 1 aliphatic rings. The van der Waals surface area contributed by atoms with Gasteiger partial charge in [-0.15, -0.1) is 0 Å². The lowest BCUT2D eigenvalue weighted by Gasteiger charge is -2.21. The number of rotatable bonds is 3. The van der Waals surface area contributed by atoms with Gasteiger partial charge >= 0.3 is 0 Å². The third-order valence-corrected chi connectivity index (χ3v) is 3.13. The third-order valence-electron chi connectivity index (χ3n) is 3.13. The lowest BCUT2D eigenvalue weighted by atomic mass is 10.1. The molecule has 4 nitrogen and oxygen atoms in total. The predicted octanol–water partition coefficient (Wildman–Crippen LogP) is 1.27. The molecule has 2 amide bonds. The van der Waals surface area contributed by atoms with Gasteiger partial charge in [0.1, 0.15) is 0 Å². The Morgan fingerprint density at radius 1 is 1.12 bits per heavy atom. The van der Waals surface area contributed by atoms with E-state index in [1.807, 2.05) is 13.8 Å².